The minimum absolute atomic E-state index is 0.101. The number of aromatic nitrogens is 1. The van der Waals surface area contributed by atoms with E-state index in [0.29, 0.717) is 12.1 Å². The van der Waals surface area contributed by atoms with E-state index in [0.717, 1.165) is 22.1 Å². The van der Waals surface area contributed by atoms with Crippen LogP contribution in [0.1, 0.15) is 16.7 Å². The molecule has 166 valence electrons. The van der Waals surface area contributed by atoms with Gasteiger partial charge in [-0.2, -0.15) is 4.31 Å². The van der Waals surface area contributed by atoms with Crippen LogP contribution in [0, 0.1) is 0 Å². The first-order valence-corrected chi connectivity index (χ1v) is 12.2. The van der Waals surface area contributed by atoms with Gasteiger partial charge in [0.2, 0.25) is 15.9 Å². The highest BCUT2D eigenvalue weighted by Crippen LogP contribution is 2.29. The fraction of sp³-hybridized carbons (Fsp3) is 0.154. The molecule has 0 fully saturated rings. The van der Waals surface area contributed by atoms with Gasteiger partial charge in [-0.15, -0.1) is 0 Å². The lowest BCUT2D eigenvalue weighted by Crippen LogP contribution is -2.51. The van der Waals surface area contributed by atoms with Gasteiger partial charge in [0.15, 0.2) is 0 Å². The number of hydrogen-bond donors (Lipinski definition) is 1. The van der Waals surface area contributed by atoms with E-state index in [1.165, 1.54) is 4.31 Å². The Balaban J connectivity index is 1.67. The van der Waals surface area contributed by atoms with E-state index in [1.54, 1.807) is 24.4 Å². The van der Waals surface area contributed by atoms with Crippen molar-refractivity contribution in [3.63, 3.8) is 0 Å². The highest BCUT2D eigenvalue weighted by Gasteiger charge is 2.38. The highest BCUT2D eigenvalue weighted by atomic mass is 32.2. The molecule has 1 amide bonds. The summed E-state index contributed by atoms with van der Waals surface area (Å²) in [5, 5.41) is 3.67. The monoisotopic (exact) mass is 457 g/mol. The summed E-state index contributed by atoms with van der Waals surface area (Å²) in [5.74, 6) is -0.315. The van der Waals surface area contributed by atoms with E-state index in [-0.39, 0.29) is 23.8 Å². The number of amides is 1. The van der Waals surface area contributed by atoms with Gasteiger partial charge in [-0.3, -0.25) is 9.78 Å². The maximum atomic E-state index is 14.1. The summed E-state index contributed by atoms with van der Waals surface area (Å²) in [6, 6.07) is 24.9. The zero-order chi connectivity index (χ0) is 22.8. The van der Waals surface area contributed by atoms with Crippen LogP contribution in [0.5, 0.6) is 0 Å². The second kappa shape index (κ2) is 8.77. The number of sulfonamides is 1. The molecule has 0 aliphatic carbocycles. The summed E-state index contributed by atoms with van der Waals surface area (Å²) >= 11 is 0. The van der Waals surface area contributed by atoms with Crippen LogP contribution in [-0.4, -0.2) is 29.7 Å². The molecule has 5 rings (SSSR count). The minimum Gasteiger partial charge on any atom is -0.351 e. The molecule has 4 aromatic rings. The summed E-state index contributed by atoms with van der Waals surface area (Å²) in [7, 11) is -4.06. The van der Waals surface area contributed by atoms with E-state index in [1.807, 2.05) is 66.7 Å². The third kappa shape index (κ3) is 4.13. The maximum absolute atomic E-state index is 14.1. The van der Waals surface area contributed by atoms with Gasteiger partial charge in [0.1, 0.15) is 10.9 Å². The average molecular weight is 458 g/mol. The van der Waals surface area contributed by atoms with Gasteiger partial charge in [0, 0.05) is 24.7 Å². The molecule has 0 bridgehead atoms. The van der Waals surface area contributed by atoms with E-state index >= 15 is 0 Å². The summed E-state index contributed by atoms with van der Waals surface area (Å²) in [6.07, 6.45) is 1.85. The third-order valence-corrected chi connectivity index (χ3v) is 7.89. The van der Waals surface area contributed by atoms with Gasteiger partial charge in [-0.1, -0.05) is 72.8 Å². The SMILES string of the molecule is O=C1NCc2ccccc2CN(S(=O)(=O)c2cccc3cccnc23)C1Cc1ccccc1. The fourth-order valence-corrected chi connectivity index (χ4v) is 6.02. The predicted octanol–water partition coefficient (Wildman–Crippen LogP) is 3.67. The topological polar surface area (TPSA) is 79.4 Å². The zero-order valence-corrected chi connectivity index (χ0v) is 18.7. The summed E-state index contributed by atoms with van der Waals surface area (Å²) in [5.41, 5.74) is 3.06. The molecule has 1 unspecified atom stereocenters. The Labute approximate surface area is 192 Å². The van der Waals surface area contributed by atoms with Crippen LogP contribution in [0.2, 0.25) is 0 Å². The Morgan fingerprint density at radius 2 is 1.61 bits per heavy atom. The van der Waals surface area contributed by atoms with Crippen LogP contribution in [0.3, 0.4) is 0 Å². The molecule has 1 atom stereocenters. The van der Waals surface area contributed by atoms with E-state index < -0.39 is 16.1 Å². The Kier molecular flexibility index (Phi) is 5.66. The fourth-order valence-electron chi connectivity index (χ4n) is 4.29. The summed E-state index contributed by atoms with van der Waals surface area (Å²) < 4.78 is 29.6. The molecule has 0 saturated heterocycles. The molecular formula is C26H23N3O3S. The Morgan fingerprint density at radius 1 is 0.879 bits per heavy atom. The van der Waals surface area contributed by atoms with Gasteiger partial charge >= 0.3 is 0 Å². The molecule has 0 saturated carbocycles. The quantitative estimate of drug-likeness (QED) is 0.507. The number of pyridine rings is 1. The Bertz CT molecular complexity index is 1420. The van der Waals surface area contributed by atoms with Crippen LogP contribution < -0.4 is 5.32 Å². The maximum Gasteiger partial charge on any atom is 0.246 e. The lowest BCUT2D eigenvalue weighted by molar-refractivity contribution is -0.125. The smallest absolute Gasteiger partial charge is 0.246 e. The van der Waals surface area contributed by atoms with Crippen molar-refractivity contribution in [2.45, 2.75) is 30.4 Å². The van der Waals surface area contributed by atoms with Crippen molar-refractivity contribution in [1.29, 1.82) is 0 Å². The normalized spacial score (nSPS) is 17.1. The molecule has 1 aliphatic rings. The van der Waals surface area contributed by atoms with Crippen LogP contribution >= 0.6 is 0 Å². The molecule has 1 aliphatic heterocycles. The molecule has 33 heavy (non-hydrogen) atoms. The number of carbonyl (C=O) groups is 1. The molecule has 6 nitrogen and oxygen atoms in total. The number of nitrogens with zero attached hydrogens (tertiary/aromatic N) is 2. The summed E-state index contributed by atoms with van der Waals surface area (Å²) in [6.45, 7) is 0.469. The molecule has 1 aromatic heterocycles. The number of rotatable bonds is 4. The molecule has 0 spiro atoms. The lowest BCUT2D eigenvalue weighted by Gasteiger charge is -2.33. The zero-order valence-electron chi connectivity index (χ0n) is 17.9. The second-order valence-corrected chi connectivity index (χ2v) is 9.93. The van der Waals surface area contributed by atoms with Crippen LogP contribution in [0.15, 0.2) is 96.0 Å². The van der Waals surface area contributed by atoms with Gasteiger partial charge in [0.25, 0.3) is 0 Å². The van der Waals surface area contributed by atoms with Crippen molar-refractivity contribution >= 4 is 26.8 Å². The number of nitrogens with one attached hydrogen (secondary N) is 1. The van der Waals surface area contributed by atoms with Crippen molar-refractivity contribution in [2.24, 2.45) is 0 Å². The van der Waals surface area contributed by atoms with Gasteiger partial charge in [0.05, 0.1) is 5.52 Å². The molecule has 0 radical (unpaired) electrons. The standard InChI is InChI=1S/C26H23N3O3S/c30-26-23(16-19-8-2-1-3-9-19)29(18-22-11-5-4-10-21(22)17-28-26)33(31,32)24-14-6-12-20-13-7-15-27-25(20)24/h1-15,23H,16-18H2,(H,28,30). The number of carbonyl (C=O) groups excluding carboxylic acids is 1. The van der Waals surface area contributed by atoms with Gasteiger partial charge in [-0.25, -0.2) is 8.42 Å². The highest BCUT2D eigenvalue weighted by molar-refractivity contribution is 7.89. The molecule has 2 heterocycles. The van der Waals surface area contributed by atoms with Crippen molar-refractivity contribution in [3.05, 3.63) is 108 Å². The number of benzene rings is 3. The van der Waals surface area contributed by atoms with E-state index in [2.05, 4.69) is 10.3 Å². The Morgan fingerprint density at radius 3 is 2.42 bits per heavy atom. The van der Waals surface area contributed by atoms with E-state index in [9.17, 15) is 13.2 Å². The molecule has 3 aromatic carbocycles. The van der Waals surface area contributed by atoms with Crippen LogP contribution in [0.4, 0.5) is 0 Å². The van der Waals surface area contributed by atoms with Crippen molar-refractivity contribution in [2.75, 3.05) is 0 Å². The minimum atomic E-state index is -4.06. The molecule has 7 heteroatoms. The number of para-hydroxylation sites is 1. The van der Waals surface area contributed by atoms with Crippen LogP contribution in [-0.2, 0) is 34.3 Å². The number of fused-ring (bicyclic) bond motifs is 2. The largest absolute Gasteiger partial charge is 0.351 e. The lowest BCUT2D eigenvalue weighted by atomic mass is 10.0. The molecule has 1 N–H and O–H groups in total. The Hall–Kier alpha value is -3.55. The van der Waals surface area contributed by atoms with Gasteiger partial charge < -0.3 is 5.32 Å². The van der Waals surface area contributed by atoms with Crippen molar-refractivity contribution in [3.8, 4) is 0 Å². The predicted molar refractivity (Wildman–Crippen MR) is 127 cm³/mol. The molecular weight excluding hydrogens is 434 g/mol. The van der Waals surface area contributed by atoms with Crippen LogP contribution in [0.25, 0.3) is 10.9 Å². The second-order valence-electron chi connectivity index (χ2n) is 8.07. The average Bonchev–Trinajstić information content (AvgIpc) is 2.84. The number of hydrogen-bond acceptors (Lipinski definition) is 4. The first-order chi connectivity index (χ1) is 16.0. The summed E-state index contributed by atoms with van der Waals surface area (Å²) in [4.78, 5) is 17.8. The van der Waals surface area contributed by atoms with Crippen molar-refractivity contribution < 1.29 is 13.2 Å². The third-order valence-electron chi connectivity index (χ3n) is 6.00. The van der Waals surface area contributed by atoms with Crippen molar-refractivity contribution in [1.82, 2.24) is 14.6 Å². The van der Waals surface area contributed by atoms with E-state index in [4.69, 9.17) is 0 Å². The first-order valence-electron chi connectivity index (χ1n) is 10.8. The first kappa shape index (κ1) is 21.3. The van der Waals surface area contributed by atoms with Gasteiger partial charge in [-0.05, 0) is 35.2 Å².